The van der Waals surface area contributed by atoms with Gasteiger partial charge in [0.15, 0.2) is 0 Å². The van der Waals surface area contributed by atoms with E-state index in [0.717, 1.165) is 29.8 Å². The van der Waals surface area contributed by atoms with Crippen molar-refractivity contribution in [1.82, 2.24) is 0 Å². The lowest BCUT2D eigenvalue weighted by Crippen LogP contribution is -2.22. The van der Waals surface area contributed by atoms with Crippen LogP contribution in [0, 0.1) is 16.7 Å². The highest BCUT2D eigenvalue weighted by atomic mass is 35.5. The Morgan fingerprint density at radius 3 is 2.32 bits per heavy atom. The lowest BCUT2D eigenvalue weighted by molar-refractivity contribution is 0.418. The second kappa shape index (κ2) is 4.72. The normalized spacial score (nSPS) is 15.8. The van der Waals surface area contributed by atoms with Gasteiger partial charge < -0.3 is 0 Å². The Hall–Kier alpha value is -1.78. The van der Waals surface area contributed by atoms with Crippen LogP contribution in [0.1, 0.15) is 16.7 Å². The number of benzene rings is 2. The molecule has 2 aromatic carbocycles. The zero-order chi connectivity index (χ0) is 13.3. The van der Waals surface area contributed by atoms with Gasteiger partial charge in [0.1, 0.15) is 0 Å². The van der Waals surface area contributed by atoms with Crippen LogP contribution >= 0.6 is 11.6 Å². The Morgan fingerprint density at radius 2 is 1.74 bits per heavy atom. The summed E-state index contributed by atoms with van der Waals surface area (Å²) in [4.78, 5) is 0. The molecule has 19 heavy (non-hydrogen) atoms. The molecule has 0 saturated carbocycles. The first kappa shape index (κ1) is 12.3. The van der Waals surface area contributed by atoms with Gasteiger partial charge in [-0.25, -0.2) is 0 Å². The number of halogens is 1. The van der Waals surface area contributed by atoms with Gasteiger partial charge in [0.05, 0.1) is 11.5 Å². The lowest BCUT2D eigenvalue weighted by atomic mass is 9.80. The van der Waals surface area contributed by atoms with Crippen molar-refractivity contribution in [2.75, 3.05) is 0 Å². The molecule has 1 aliphatic carbocycles. The fourth-order valence-corrected chi connectivity index (χ4v) is 3.19. The first-order valence-corrected chi connectivity index (χ1v) is 6.81. The third-order valence-corrected chi connectivity index (χ3v) is 4.08. The maximum Gasteiger partial charge on any atom is 0.0700 e. The molecule has 2 heteroatoms. The van der Waals surface area contributed by atoms with Crippen LogP contribution in [0.3, 0.4) is 0 Å². The topological polar surface area (TPSA) is 23.8 Å². The molecule has 1 nitrogen and oxygen atoms in total. The molecule has 0 radical (unpaired) electrons. The van der Waals surface area contributed by atoms with Crippen molar-refractivity contribution in [2.24, 2.45) is 5.41 Å². The molecular formula is C17H14ClN. The second-order valence-corrected chi connectivity index (χ2v) is 5.76. The van der Waals surface area contributed by atoms with E-state index in [0.29, 0.717) is 0 Å². The molecule has 0 saturated heterocycles. The Balaban J connectivity index is 1.90. The summed E-state index contributed by atoms with van der Waals surface area (Å²) in [6.07, 6.45) is 2.44. The number of fused-ring (bicyclic) bond motifs is 1. The number of nitriles is 1. The van der Waals surface area contributed by atoms with Crippen molar-refractivity contribution in [2.45, 2.75) is 19.3 Å². The summed E-state index contributed by atoms with van der Waals surface area (Å²) in [6.45, 7) is 0. The molecule has 0 unspecified atom stereocenters. The van der Waals surface area contributed by atoms with Crippen molar-refractivity contribution in [3.63, 3.8) is 0 Å². The SMILES string of the molecule is N#CC1(Cc2cccc(Cl)c2)Cc2ccccc2C1. The minimum atomic E-state index is -0.311. The molecule has 0 bridgehead atoms. The van der Waals surface area contributed by atoms with Gasteiger partial charge >= 0.3 is 0 Å². The standard InChI is InChI=1S/C17H14ClN/c18-16-7-3-4-13(8-16)9-17(12-19)10-14-5-1-2-6-15(14)11-17/h1-8H,9-11H2. The predicted octanol–water partition coefficient (Wildman–Crippen LogP) is 4.19. The number of hydrogen-bond acceptors (Lipinski definition) is 1. The third kappa shape index (κ3) is 2.37. The van der Waals surface area contributed by atoms with E-state index in [1.165, 1.54) is 11.1 Å². The van der Waals surface area contributed by atoms with E-state index >= 15 is 0 Å². The van der Waals surface area contributed by atoms with E-state index in [9.17, 15) is 5.26 Å². The monoisotopic (exact) mass is 267 g/mol. The van der Waals surface area contributed by atoms with Gasteiger partial charge in [0.25, 0.3) is 0 Å². The first-order valence-electron chi connectivity index (χ1n) is 6.43. The van der Waals surface area contributed by atoms with Crippen molar-refractivity contribution >= 4 is 11.6 Å². The van der Waals surface area contributed by atoms with Crippen LogP contribution in [0.2, 0.25) is 5.02 Å². The first-order chi connectivity index (χ1) is 9.21. The molecule has 0 amide bonds. The molecule has 0 heterocycles. The van der Waals surface area contributed by atoms with E-state index in [-0.39, 0.29) is 5.41 Å². The van der Waals surface area contributed by atoms with Gasteiger partial charge in [0, 0.05) is 5.02 Å². The molecule has 2 aromatic rings. The molecule has 1 aliphatic rings. The van der Waals surface area contributed by atoms with E-state index in [1.807, 2.05) is 36.4 Å². The molecule has 0 spiro atoms. The van der Waals surface area contributed by atoms with Crippen LogP contribution in [-0.4, -0.2) is 0 Å². The van der Waals surface area contributed by atoms with Gasteiger partial charge in [-0.2, -0.15) is 5.26 Å². The molecule has 0 aliphatic heterocycles. The van der Waals surface area contributed by atoms with E-state index in [2.05, 4.69) is 18.2 Å². The molecule has 0 atom stereocenters. The Labute approximate surface area is 118 Å². The Kier molecular flexibility index (Phi) is 3.05. The predicted molar refractivity (Wildman–Crippen MR) is 77.1 cm³/mol. The fourth-order valence-electron chi connectivity index (χ4n) is 2.98. The number of hydrogen-bond donors (Lipinski definition) is 0. The van der Waals surface area contributed by atoms with Crippen LogP contribution in [0.5, 0.6) is 0 Å². The Morgan fingerprint density at radius 1 is 1.05 bits per heavy atom. The van der Waals surface area contributed by atoms with E-state index in [1.54, 1.807) is 0 Å². The summed E-state index contributed by atoms with van der Waals surface area (Å²) < 4.78 is 0. The average Bonchev–Trinajstić information content (AvgIpc) is 2.77. The second-order valence-electron chi connectivity index (χ2n) is 5.32. The average molecular weight is 268 g/mol. The fraction of sp³-hybridized carbons (Fsp3) is 0.235. The highest BCUT2D eigenvalue weighted by Crippen LogP contribution is 2.39. The summed E-state index contributed by atoms with van der Waals surface area (Å²) in [5, 5.41) is 10.4. The van der Waals surface area contributed by atoms with E-state index < -0.39 is 0 Å². The van der Waals surface area contributed by atoms with E-state index in [4.69, 9.17) is 11.6 Å². The van der Waals surface area contributed by atoms with Crippen LogP contribution in [0.25, 0.3) is 0 Å². The maximum atomic E-state index is 9.64. The van der Waals surface area contributed by atoms with Gasteiger partial charge in [-0.3, -0.25) is 0 Å². The summed E-state index contributed by atoms with van der Waals surface area (Å²) in [7, 11) is 0. The van der Waals surface area contributed by atoms with Crippen molar-refractivity contribution in [3.05, 3.63) is 70.2 Å². The highest BCUT2D eigenvalue weighted by molar-refractivity contribution is 6.30. The molecule has 0 aromatic heterocycles. The smallest absolute Gasteiger partial charge is 0.0700 e. The molecule has 94 valence electrons. The zero-order valence-electron chi connectivity index (χ0n) is 10.6. The molecule has 0 fully saturated rings. The lowest BCUT2D eigenvalue weighted by Gasteiger charge is -2.20. The maximum absolute atomic E-state index is 9.64. The largest absolute Gasteiger partial charge is 0.198 e. The van der Waals surface area contributed by atoms with Gasteiger partial charge in [-0.15, -0.1) is 0 Å². The third-order valence-electron chi connectivity index (χ3n) is 3.84. The quantitative estimate of drug-likeness (QED) is 0.800. The molecular weight excluding hydrogens is 254 g/mol. The van der Waals surface area contributed by atoms with Crippen LogP contribution in [-0.2, 0) is 19.3 Å². The van der Waals surface area contributed by atoms with Crippen molar-refractivity contribution < 1.29 is 0 Å². The van der Waals surface area contributed by atoms with Gasteiger partial charge in [-0.05, 0) is 48.1 Å². The Bertz CT molecular complexity index is 629. The van der Waals surface area contributed by atoms with Crippen LogP contribution in [0.15, 0.2) is 48.5 Å². The summed E-state index contributed by atoms with van der Waals surface area (Å²) in [5.41, 5.74) is 3.45. The summed E-state index contributed by atoms with van der Waals surface area (Å²) >= 11 is 6.03. The minimum absolute atomic E-state index is 0.311. The highest BCUT2D eigenvalue weighted by Gasteiger charge is 2.37. The van der Waals surface area contributed by atoms with Crippen molar-refractivity contribution in [1.29, 1.82) is 5.26 Å². The summed E-state index contributed by atoms with van der Waals surface area (Å²) in [6, 6.07) is 18.7. The number of rotatable bonds is 2. The zero-order valence-corrected chi connectivity index (χ0v) is 11.3. The van der Waals surface area contributed by atoms with Gasteiger partial charge in [0.2, 0.25) is 0 Å². The van der Waals surface area contributed by atoms with Crippen LogP contribution < -0.4 is 0 Å². The summed E-state index contributed by atoms with van der Waals surface area (Å²) in [5.74, 6) is 0. The van der Waals surface area contributed by atoms with Crippen molar-refractivity contribution in [3.8, 4) is 6.07 Å². The molecule has 3 rings (SSSR count). The molecule has 0 N–H and O–H groups in total. The minimum Gasteiger partial charge on any atom is -0.198 e. The van der Waals surface area contributed by atoms with Crippen LogP contribution in [0.4, 0.5) is 0 Å². The number of nitrogens with zero attached hydrogens (tertiary/aromatic N) is 1. The van der Waals surface area contributed by atoms with Gasteiger partial charge in [-0.1, -0.05) is 48.0 Å².